The zero-order valence-electron chi connectivity index (χ0n) is 12.0. The van der Waals surface area contributed by atoms with Gasteiger partial charge in [-0.15, -0.1) is 0 Å². The van der Waals surface area contributed by atoms with Gasteiger partial charge in [-0.1, -0.05) is 25.5 Å². The number of piperidine rings is 1. The van der Waals surface area contributed by atoms with Crippen molar-refractivity contribution in [1.29, 1.82) is 0 Å². The zero-order valence-corrected chi connectivity index (χ0v) is 12.0. The molecule has 2 rings (SSSR count). The van der Waals surface area contributed by atoms with Crippen molar-refractivity contribution in [2.24, 2.45) is 0 Å². The van der Waals surface area contributed by atoms with Gasteiger partial charge in [0, 0.05) is 18.6 Å². The third-order valence-electron chi connectivity index (χ3n) is 4.17. The molecule has 1 N–H and O–H groups in total. The summed E-state index contributed by atoms with van der Waals surface area (Å²) in [4.78, 5) is 2.47. The van der Waals surface area contributed by atoms with Crippen LogP contribution in [-0.2, 0) is 0 Å². The van der Waals surface area contributed by atoms with Gasteiger partial charge in [0.2, 0.25) is 0 Å². The molecule has 2 nitrogen and oxygen atoms in total. The Balaban J connectivity index is 1.97. The van der Waals surface area contributed by atoms with Gasteiger partial charge in [0.25, 0.3) is 0 Å². The first-order valence-corrected chi connectivity index (χ1v) is 7.43. The Morgan fingerprint density at radius 1 is 1.32 bits per heavy atom. The van der Waals surface area contributed by atoms with Crippen molar-refractivity contribution >= 4 is 0 Å². The maximum absolute atomic E-state index is 13.0. The van der Waals surface area contributed by atoms with Crippen molar-refractivity contribution in [3.8, 4) is 0 Å². The van der Waals surface area contributed by atoms with Crippen molar-refractivity contribution in [2.75, 3.05) is 19.6 Å². The molecule has 2 unspecified atom stereocenters. The van der Waals surface area contributed by atoms with Crippen LogP contribution in [0.3, 0.4) is 0 Å². The molecule has 1 aromatic carbocycles. The average molecular weight is 264 g/mol. The van der Waals surface area contributed by atoms with Crippen molar-refractivity contribution in [2.45, 2.75) is 45.2 Å². The lowest BCUT2D eigenvalue weighted by Crippen LogP contribution is -2.44. The normalized spacial score (nSPS) is 21.6. The summed E-state index contributed by atoms with van der Waals surface area (Å²) in [5.41, 5.74) is 1.19. The van der Waals surface area contributed by atoms with E-state index in [2.05, 4.69) is 24.1 Å². The van der Waals surface area contributed by atoms with Crippen LogP contribution in [0.25, 0.3) is 0 Å². The second-order valence-corrected chi connectivity index (χ2v) is 5.46. The van der Waals surface area contributed by atoms with E-state index in [9.17, 15) is 4.39 Å². The van der Waals surface area contributed by atoms with Gasteiger partial charge < -0.3 is 5.32 Å². The molecule has 1 fully saturated rings. The molecule has 0 radical (unpaired) electrons. The first-order chi connectivity index (χ1) is 9.20. The summed E-state index contributed by atoms with van der Waals surface area (Å²) in [6.45, 7) is 7.65. The molecule has 0 spiro atoms. The molecule has 1 aliphatic heterocycles. The third-order valence-corrected chi connectivity index (χ3v) is 4.17. The lowest BCUT2D eigenvalue weighted by Gasteiger charge is -2.34. The molecule has 0 amide bonds. The van der Waals surface area contributed by atoms with Gasteiger partial charge in [-0.3, -0.25) is 4.90 Å². The largest absolute Gasteiger partial charge is 0.313 e. The number of likely N-dealkylation sites (N-methyl/N-ethyl adjacent to an activating group) is 1. The summed E-state index contributed by atoms with van der Waals surface area (Å²) < 4.78 is 13.0. The highest BCUT2D eigenvalue weighted by Gasteiger charge is 2.20. The minimum Gasteiger partial charge on any atom is -0.313 e. The Labute approximate surface area is 116 Å². The second kappa shape index (κ2) is 7.01. The van der Waals surface area contributed by atoms with E-state index < -0.39 is 0 Å². The lowest BCUT2D eigenvalue weighted by atomic mass is 10.0. The second-order valence-electron chi connectivity index (χ2n) is 5.46. The predicted molar refractivity (Wildman–Crippen MR) is 77.7 cm³/mol. The third kappa shape index (κ3) is 4.02. The van der Waals surface area contributed by atoms with Crippen LogP contribution in [0.2, 0.25) is 0 Å². The van der Waals surface area contributed by atoms with Crippen molar-refractivity contribution in [1.82, 2.24) is 10.2 Å². The van der Waals surface area contributed by atoms with Crippen LogP contribution in [-0.4, -0.2) is 30.6 Å². The van der Waals surface area contributed by atoms with Gasteiger partial charge in [0.15, 0.2) is 0 Å². The summed E-state index contributed by atoms with van der Waals surface area (Å²) >= 11 is 0. The van der Waals surface area contributed by atoms with Crippen LogP contribution in [0.15, 0.2) is 24.3 Å². The fourth-order valence-corrected chi connectivity index (χ4v) is 2.88. The molecule has 0 saturated carbocycles. The van der Waals surface area contributed by atoms with Gasteiger partial charge in [-0.2, -0.15) is 0 Å². The van der Waals surface area contributed by atoms with Crippen LogP contribution in [0.5, 0.6) is 0 Å². The standard InChI is InChI=1S/C16H25FN2/c1-3-19(12-16-6-4-5-11-18-16)13(2)14-7-9-15(17)10-8-14/h7-10,13,16,18H,3-6,11-12H2,1-2H3. The Kier molecular flexibility index (Phi) is 5.34. The number of rotatable bonds is 5. The summed E-state index contributed by atoms with van der Waals surface area (Å²) in [5, 5.41) is 3.60. The molecule has 2 atom stereocenters. The predicted octanol–water partition coefficient (Wildman–Crippen LogP) is 3.35. The first-order valence-electron chi connectivity index (χ1n) is 7.43. The number of hydrogen-bond acceptors (Lipinski definition) is 2. The van der Waals surface area contributed by atoms with E-state index in [0.29, 0.717) is 12.1 Å². The Morgan fingerprint density at radius 2 is 2.05 bits per heavy atom. The van der Waals surface area contributed by atoms with Crippen LogP contribution in [0.1, 0.15) is 44.7 Å². The molecule has 1 saturated heterocycles. The monoisotopic (exact) mass is 264 g/mol. The quantitative estimate of drug-likeness (QED) is 0.877. The molecule has 1 heterocycles. The summed E-state index contributed by atoms with van der Waals surface area (Å²) in [7, 11) is 0. The van der Waals surface area contributed by atoms with Crippen LogP contribution >= 0.6 is 0 Å². The highest BCUT2D eigenvalue weighted by Crippen LogP contribution is 2.21. The molecule has 0 aromatic heterocycles. The van der Waals surface area contributed by atoms with Gasteiger partial charge in [-0.25, -0.2) is 4.39 Å². The van der Waals surface area contributed by atoms with Crippen molar-refractivity contribution in [3.05, 3.63) is 35.6 Å². The number of nitrogens with one attached hydrogen (secondary N) is 1. The van der Waals surface area contributed by atoms with Gasteiger partial charge in [-0.05, 0) is 50.6 Å². The van der Waals surface area contributed by atoms with E-state index in [1.54, 1.807) is 12.1 Å². The highest BCUT2D eigenvalue weighted by atomic mass is 19.1. The Hall–Kier alpha value is -0.930. The maximum atomic E-state index is 13.0. The number of nitrogens with zero attached hydrogens (tertiary/aromatic N) is 1. The fourth-order valence-electron chi connectivity index (χ4n) is 2.88. The average Bonchev–Trinajstić information content (AvgIpc) is 2.46. The minimum absolute atomic E-state index is 0.159. The van der Waals surface area contributed by atoms with Gasteiger partial charge in [0.1, 0.15) is 5.82 Å². The molecule has 1 aromatic rings. The zero-order chi connectivity index (χ0) is 13.7. The van der Waals surface area contributed by atoms with Crippen LogP contribution < -0.4 is 5.32 Å². The summed E-state index contributed by atoms with van der Waals surface area (Å²) in [6.07, 6.45) is 3.91. The highest BCUT2D eigenvalue weighted by molar-refractivity contribution is 5.19. The van der Waals surface area contributed by atoms with Crippen LogP contribution in [0.4, 0.5) is 4.39 Å². The van der Waals surface area contributed by atoms with Gasteiger partial charge in [0.05, 0.1) is 0 Å². The molecule has 0 bridgehead atoms. The van der Waals surface area contributed by atoms with Gasteiger partial charge >= 0.3 is 0 Å². The molecule has 0 aliphatic carbocycles. The fraction of sp³-hybridized carbons (Fsp3) is 0.625. The Bertz CT molecular complexity index is 371. The number of hydrogen-bond donors (Lipinski definition) is 1. The van der Waals surface area contributed by atoms with Crippen molar-refractivity contribution < 1.29 is 4.39 Å². The molecular formula is C16H25FN2. The topological polar surface area (TPSA) is 15.3 Å². The number of benzene rings is 1. The molecule has 19 heavy (non-hydrogen) atoms. The SMILES string of the molecule is CCN(CC1CCCCN1)C(C)c1ccc(F)cc1. The first kappa shape index (κ1) is 14.5. The van der Waals surface area contributed by atoms with Crippen LogP contribution in [0, 0.1) is 5.82 Å². The lowest BCUT2D eigenvalue weighted by molar-refractivity contribution is 0.184. The maximum Gasteiger partial charge on any atom is 0.123 e. The molecule has 3 heteroatoms. The Morgan fingerprint density at radius 3 is 2.63 bits per heavy atom. The van der Waals surface area contributed by atoms with E-state index in [4.69, 9.17) is 0 Å². The molecule has 106 valence electrons. The molecular weight excluding hydrogens is 239 g/mol. The van der Waals surface area contributed by atoms with E-state index in [1.807, 2.05) is 12.1 Å². The molecule has 1 aliphatic rings. The van der Waals surface area contributed by atoms with E-state index in [0.717, 1.165) is 19.6 Å². The van der Waals surface area contributed by atoms with E-state index >= 15 is 0 Å². The van der Waals surface area contributed by atoms with Crippen molar-refractivity contribution in [3.63, 3.8) is 0 Å². The van der Waals surface area contributed by atoms with E-state index in [1.165, 1.54) is 24.8 Å². The summed E-state index contributed by atoms with van der Waals surface area (Å²) in [6, 6.07) is 7.86. The minimum atomic E-state index is -0.159. The van der Waals surface area contributed by atoms with E-state index in [-0.39, 0.29) is 5.82 Å². The summed E-state index contributed by atoms with van der Waals surface area (Å²) in [5.74, 6) is -0.159. The smallest absolute Gasteiger partial charge is 0.123 e. The number of halogens is 1.